The molecule has 3 amide bonds. The Morgan fingerprint density at radius 3 is 2.59 bits per heavy atom. The number of nitrogens with one attached hydrogen (secondary N) is 1. The van der Waals surface area contributed by atoms with Crippen molar-refractivity contribution in [2.24, 2.45) is 0 Å². The molecule has 3 rings (SSSR count). The molecule has 1 aromatic rings. The molecular weight excluding hydrogens is 370 g/mol. The number of methoxy groups -OCH3 is 1. The van der Waals surface area contributed by atoms with E-state index in [-0.39, 0.29) is 36.9 Å². The van der Waals surface area contributed by atoms with E-state index >= 15 is 0 Å². The smallest absolute Gasteiger partial charge is 0.339 e. The maximum atomic E-state index is 12.3. The number of imide groups is 1. The van der Waals surface area contributed by atoms with Gasteiger partial charge in [0.25, 0.3) is 0 Å². The summed E-state index contributed by atoms with van der Waals surface area (Å²) in [5.41, 5.74) is 0.932. The molecule has 1 saturated carbocycles. The van der Waals surface area contributed by atoms with Gasteiger partial charge in [0, 0.05) is 13.6 Å². The summed E-state index contributed by atoms with van der Waals surface area (Å²) >= 11 is 0. The van der Waals surface area contributed by atoms with Crippen LogP contribution < -0.4 is 14.8 Å². The van der Waals surface area contributed by atoms with E-state index < -0.39 is 6.03 Å². The molecule has 2 aliphatic rings. The number of benzene rings is 1. The monoisotopic (exact) mass is 397 g/mol. The van der Waals surface area contributed by atoms with E-state index in [9.17, 15) is 9.59 Å². The lowest BCUT2D eigenvalue weighted by Crippen LogP contribution is -2.47. The molecule has 0 radical (unpaired) electrons. The van der Waals surface area contributed by atoms with Gasteiger partial charge in [-0.25, -0.2) is 9.80 Å². The van der Waals surface area contributed by atoms with Gasteiger partial charge in [0.2, 0.25) is 5.91 Å². The van der Waals surface area contributed by atoms with Gasteiger partial charge in [0.05, 0.1) is 25.7 Å². The fourth-order valence-electron chi connectivity index (χ4n) is 3.69. The molecule has 1 N–H and O–H groups in total. The van der Waals surface area contributed by atoms with Crippen LogP contribution in [0.15, 0.2) is 18.2 Å². The van der Waals surface area contributed by atoms with E-state index in [1.165, 1.54) is 17.9 Å². The van der Waals surface area contributed by atoms with Gasteiger partial charge in [-0.15, -0.1) is 12.4 Å². The zero-order valence-corrected chi connectivity index (χ0v) is 16.9. The van der Waals surface area contributed by atoms with Crippen molar-refractivity contribution in [3.63, 3.8) is 0 Å². The van der Waals surface area contributed by atoms with Crippen molar-refractivity contribution < 1.29 is 19.1 Å². The van der Waals surface area contributed by atoms with E-state index in [4.69, 9.17) is 9.47 Å². The number of hydrogen-bond acceptors (Lipinski definition) is 5. The molecule has 1 aromatic carbocycles. The highest BCUT2D eigenvalue weighted by atomic mass is 35.5. The zero-order chi connectivity index (χ0) is 18.7. The first-order valence-corrected chi connectivity index (χ1v) is 9.23. The molecule has 1 heterocycles. The van der Waals surface area contributed by atoms with Crippen LogP contribution in [-0.2, 0) is 4.79 Å². The number of hydrazine groups is 1. The molecule has 27 heavy (non-hydrogen) atoms. The SMILES string of the molecule is CCNC(=O)N1C(=O)CC(c2ccc(OC)c(OC3CCCC3)c2)N1C.Cl. The molecule has 1 saturated heterocycles. The molecule has 1 aliphatic carbocycles. The number of hydrogen-bond donors (Lipinski definition) is 1. The Labute approximate surface area is 166 Å². The highest BCUT2D eigenvalue weighted by Gasteiger charge is 2.40. The van der Waals surface area contributed by atoms with E-state index in [0.717, 1.165) is 18.4 Å². The van der Waals surface area contributed by atoms with Crippen LogP contribution in [0.3, 0.4) is 0 Å². The summed E-state index contributed by atoms with van der Waals surface area (Å²) in [5, 5.41) is 5.54. The fourth-order valence-corrected chi connectivity index (χ4v) is 3.69. The van der Waals surface area contributed by atoms with Crippen molar-refractivity contribution in [3.8, 4) is 11.5 Å². The number of amides is 3. The highest BCUT2D eigenvalue weighted by molar-refractivity contribution is 5.95. The van der Waals surface area contributed by atoms with E-state index in [2.05, 4.69) is 5.32 Å². The minimum Gasteiger partial charge on any atom is -0.493 e. The number of nitrogens with zero attached hydrogens (tertiary/aromatic N) is 2. The third-order valence-corrected chi connectivity index (χ3v) is 5.06. The Balaban J connectivity index is 0.00000261. The summed E-state index contributed by atoms with van der Waals surface area (Å²) in [7, 11) is 3.38. The molecule has 7 nitrogen and oxygen atoms in total. The summed E-state index contributed by atoms with van der Waals surface area (Å²) in [6.45, 7) is 2.30. The first-order valence-electron chi connectivity index (χ1n) is 9.23. The Morgan fingerprint density at radius 1 is 1.26 bits per heavy atom. The van der Waals surface area contributed by atoms with Gasteiger partial charge in [-0.2, -0.15) is 5.01 Å². The summed E-state index contributed by atoms with van der Waals surface area (Å²) in [6.07, 6.45) is 4.96. The second-order valence-corrected chi connectivity index (χ2v) is 6.77. The summed E-state index contributed by atoms with van der Waals surface area (Å²) in [4.78, 5) is 24.5. The van der Waals surface area contributed by atoms with Crippen LogP contribution in [0.2, 0.25) is 0 Å². The average molecular weight is 398 g/mol. The molecule has 0 aromatic heterocycles. The van der Waals surface area contributed by atoms with Gasteiger partial charge >= 0.3 is 6.03 Å². The van der Waals surface area contributed by atoms with E-state index in [1.807, 2.05) is 25.1 Å². The lowest BCUT2D eigenvalue weighted by molar-refractivity contribution is -0.131. The van der Waals surface area contributed by atoms with Crippen molar-refractivity contribution in [3.05, 3.63) is 23.8 Å². The van der Waals surface area contributed by atoms with Gasteiger partial charge in [-0.05, 0) is 50.3 Å². The minimum absolute atomic E-state index is 0. The van der Waals surface area contributed by atoms with Crippen molar-refractivity contribution in [2.75, 3.05) is 20.7 Å². The predicted molar refractivity (Wildman–Crippen MR) is 104 cm³/mol. The molecular formula is C19H28ClN3O4. The lowest BCUT2D eigenvalue weighted by atomic mass is 10.0. The van der Waals surface area contributed by atoms with Crippen LogP contribution in [0.1, 0.15) is 50.6 Å². The second-order valence-electron chi connectivity index (χ2n) is 6.77. The number of carbonyl (C=O) groups excluding carboxylic acids is 2. The van der Waals surface area contributed by atoms with Crippen LogP contribution in [-0.4, -0.2) is 48.8 Å². The molecule has 1 aliphatic heterocycles. The topological polar surface area (TPSA) is 71.1 Å². The molecule has 150 valence electrons. The van der Waals surface area contributed by atoms with Crippen LogP contribution in [0, 0.1) is 0 Å². The predicted octanol–water partition coefficient (Wildman–Crippen LogP) is 3.29. The summed E-state index contributed by atoms with van der Waals surface area (Å²) in [5.74, 6) is 1.18. The zero-order valence-electron chi connectivity index (χ0n) is 16.1. The number of halogens is 1. The van der Waals surface area contributed by atoms with E-state index in [1.54, 1.807) is 19.2 Å². The third-order valence-electron chi connectivity index (χ3n) is 5.06. The number of carbonyl (C=O) groups is 2. The Morgan fingerprint density at radius 2 is 1.96 bits per heavy atom. The van der Waals surface area contributed by atoms with Gasteiger partial charge in [0.1, 0.15) is 0 Å². The first-order chi connectivity index (χ1) is 12.5. The maximum Gasteiger partial charge on any atom is 0.339 e. The summed E-state index contributed by atoms with van der Waals surface area (Å²) < 4.78 is 11.6. The Hall–Kier alpha value is -1.99. The first kappa shape index (κ1) is 21.3. The molecule has 0 spiro atoms. The van der Waals surface area contributed by atoms with Crippen molar-refractivity contribution in [2.45, 2.75) is 51.2 Å². The number of ether oxygens (including phenoxy) is 2. The second kappa shape index (κ2) is 9.28. The van der Waals surface area contributed by atoms with Crippen molar-refractivity contribution in [1.82, 2.24) is 15.3 Å². The molecule has 0 bridgehead atoms. The van der Waals surface area contributed by atoms with Gasteiger partial charge in [-0.3, -0.25) is 4.79 Å². The van der Waals surface area contributed by atoms with Gasteiger partial charge in [0.15, 0.2) is 11.5 Å². The third kappa shape index (κ3) is 4.47. The normalized spacial score (nSPS) is 20.5. The largest absolute Gasteiger partial charge is 0.493 e. The quantitative estimate of drug-likeness (QED) is 0.825. The van der Waals surface area contributed by atoms with Crippen LogP contribution in [0.25, 0.3) is 0 Å². The van der Waals surface area contributed by atoms with Gasteiger partial charge in [-0.1, -0.05) is 6.07 Å². The molecule has 2 fully saturated rings. The Bertz CT molecular complexity index is 679. The number of urea groups is 1. The summed E-state index contributed by atoms with van der Waals surface area (Å²) in [6, 6.07) is 5.13. The maximum absolute atomic E-state index is 12.3. The van der Waals surface area contributed by atoms with Crippen LogP contribution >= 0.6 is 12.4 Å². The average Bonchev–Trinajstić information content (AvgIpc) is 3.23. The molecule has 1 atom stereocenters. The molecule has 8 heteroatoms. The van der Waals surface area contributed by atoms with Crippen molar-refractivity contribution in [1.29, 1.82) is 0 Å². The van der Waals surface area contributed by atoms with Crippen LogP contribution in [0.5, 0.6) is 11.5 Å². The number of rotatable bonds is 5. The minimum atomic E-state index is -0.390. The Kier molecular flexibility index (Phi) is 7.33. The highest BCUT2D eigenvalue weighted by Crippen LogP contribution is 2.38. The standard InChI is InChI=1S/C19H27N3O4.ClH/c1-4-20-19(24)22-18(23)12-15(21(22)2)13-9-10-16(25-3)17(11-13)26-14-7-5-6-8-14;/h9-11,14-15H,4-8,12H2,1-3H3,(H,20,24);1H. The lowest BCUT2D eigenvalue weighted by Gasteiger charge is -2.27. The van der Waals surface area contributed by atoms with Crippen LogP contribution in [0.4, 0.5) is 4.79 Å². The fraction of sp³-hybridized carbons (Fsp3) is 0.579. The van der Waals surface area contributed by atoms with Crippen molar-refractivity contribution >= 4 is 24.3 Å². The molecule has 1 unspecified atom stereocenters. The van der Waals surface area contributed by atoms with Gasteiger partial charge < -0.3 is 14.8 Å². The van der Waals surface area contributed by atoms with E-state index in [0.29, 0.717) is 18.0 Å².